The topological polar surface area (TPSA) is 93.7 Å². The van der Waals surface area contributed by atoms with Gasteiger partial charge in [0.05, 0.1) is 0 Å². The molecule has 1 atom stereocenters. The summed E-state index contributed by atoms with van der Waals surface area (Å²) in [5.74, 6) is 0.906. The molecule has 1 spiro atoms. The molecule has 4 aliphatic rings. The molecule has 1 saturated carbocycles. The molecule has 0 radical (unpaired) electrons. The van der Waals surface area contributed by atoms with Gasteiger partial charge in [-0.3, -0.25) is 14.5 Å². The molecule has 2 N–H and O–H groups in total. The molecule has 1 aromatic carbocycles. The first kappa shape index (κ1) is 26.0. The lowest BCUT2D eigenvalue weighted by Crippen LogP contribution is -2.56. The number of aromatic nitrogens is 2. The molecule has 2 aromatic rings. The summed E-state index contributed by atoms with van der Waals surface area (Å²) >= 11 is 0. The van der Waals surface area contributed by atoms with Crippen molar-refractivity contribution in [1.29, 1.82) is 0 Å². The lowest BCUT2D eigenvalue weighted by atomic mass is 9.76. The Kier molecular flexibility index (Phi) is 7.18. The number of carbonyl (C=O) groups is 2. The summed E-state index contributed by atoms with van der Waals surface area (Å²) in [5.41, 5.74) is 2.02. The van der Waals surface area contributed by atoms with E-state index in [0.29, 0.717) is 37.2 Å². The third-order valence-electron chi connectivity index (χ3n) is 9.12. The Labute approximate surface area is 231 Å². The van der Waals surface area contributed by atoms with Gasteiger partial charge >= 0.3 is 0 Å². The smallest absolute Gasteiger partial charge is 0.244 e. The van der Waals surface area contributed by atoms with Gasteiger partial charge in [-0.1, -0.05) is 12.8 Å². The zero-order chi connectivity index (χ0) is 27.0. The van der Waals surface area contributed by atoms with Crippen LogP contribution in [0, 0.1) is 5.41 Å². The second kappa shape index (κ2) is 10.8. The van der Waals surface area contributed by atoms with Gasteiger partial charge in [0, 0.05) is 74.4 Å². The number of anilines is 4. The summed E-state index contributed by atoms with van der Waals surface area (Å²) in [5, 5.41) is 6.25. The highest BCUT2D eigenvalue weighted by Crippen LogP contribution is 2.44. The molecule has 208 valence electrons. The summed E-state index contributed by atoms with van der Waals surface area (Å²) in [6, 6.07) is 9.19. The Bertz CT molecular complexity index is 1200. The molecule has 39 heavy (non-hydrogen) atoms. The van der Waals surface area contributed by atoms with E-state index in [2.05, 4.69) is 63.5 Å². The number of carbonyl (C=O) groups excluding carboxylic acids is 2. The Balaban J connectivity index is 1.19. The van der Waals surface area contributed by atoms with Gasteiger partial charge in [-0.2, -0.15) is 4.98 Å². The third-order valence-corrected chi connectivity index (χ3v) is 9.12. The zero-order valence-electron chi connectivity index (χ0n) is 23.3. The molecular formula is C30H41N7O2. The molecule has 0 bridgehead atoms. The number of hydrogen-bond acceptors (Lipinski definition) is 7. The lowest BCUT2D eigenvalue weighted by Gasteiger charge is -2.40. The molecule has 1 aromatic heterocycles. The van der Waals surface area contributed by atoms with E-state index >= 15 is 0 Å². The van der Waals surface area contributed by atoms with Gasteiger partial charge in [-0.05, 0) is 70.2 Å². The first-order chi connectivity index (χ1) is 18.9. The molecule has 3 fully saturated rings. The highest BCUT2D eigenvalue weighted by molar-refractivity contribution is 6.14. The van der Waals surface area contributed by atoms with Crippen LogP contribution in [0.5, 0.6) is 0 Å². The van der Waals surface area contributed by atoms with Gasteiger partial charge in [0.2, 0.25) is 17.8 Å². The van der Waals surface area contributed by atoms with Gasteiger partial charge in [0.1, 0.15) is 11.2 Å². The average molecular weight is 532 g/mol. The fraction of sp³-hybridized carbons (Fsp3) is 0.600. The molecule has 6 rings (SSSR count). The summed E-state index contributed by atoms with van der Waals surface area (Å²) in [6.45, 7) is 9.54. The standard InChI is InChI=1S/C30H41N7O2/c1-21(2)35-15-5-17-36(18-6-16-35)24-11-9-23(10-12-24)33-29-32-20-22-19-30(13-14-31-27(30)38)28(39)37(26(22)34-29)25-7-3-4-8-25/h9-12,20-21,25H,3-8,13-19H2,1-2H3,(H,31,38)(H,32,33,34)/t30-/m1/s1. The van der Waals surface area contributed by atoms with Crippen molar-refractivity contribution in [2.45, 2.75) is 77.3 Å². The molecular weight excluding hydrogens is 490 g/mol. The highest BCUT2D eigenvalue weighted by atomic mass is 16.2. The van der Waals surface area contributed by atoms with Crippen molar-refractivity contribution in [3.63, 3.8) is 0 Å². The second-order valence-electron chi connectivity index (χ2n) is 11.9. The van der Waals surface area contributed by atoms with E-state index in [-0.39, 0.29) is 17.9 Å². The minimum Gasteiger partial charge on any atom is -0.371 e. The number of fused-ring (bicyclic) bond motifs is 1. The highest BCUT2D eigenvalue weighted by Gasteiger charge is 2.56. The van der Waals surface area contributed by atoms with Crippen LogP contribution in [0.1, 0.15) is 64.4 Å². The quantitative estimate of drug-likeness (QED) is 0.566. The number of nitrogens with one attached hydrogen (secondary N) is 2. The second-order valence-corrected chi connectivity index (χ2v) is 11.9. The predicted octanol–water partition coefficient (Wildman–Crippen LogP) is 3.87. The van der Waals surface area contributed by atoms with Crippen molar-refractivity contribution >= 4 is 35.0 Å². The molecule has 1 aliphatic carbocycles. The van der Waals surface area contributed by atoms with E-state index < -0.39 is 5.41 Å². The van der Waals surface area contributed by atoms with Gasteiger partial charge in [0.25, 0.3) is 0 Å². The van der Waals surface area contributed by atoms with E-state index in [0.717, 1.165) is 63.1 Å². The Hall–Kier alpha value is -3.20. The maximum Gasteiger partial charge on any atom is 0.244 e. The van der Waals surface area contributed by atoms with Gasteiger partial charge in [0.15, 0.2) is 0 Å². The van der Waals surface area contributed by atoms with Crippen molar-refractivity contribution in [2.75, 3.05) is 47.8 Å². The van der Waals surface area contributed by atoms with Crippen LogP contribution in [-0.2, 0) is 16.0 Å². The van der Waals surface area contributed by atoms with Crippen LogP contribution >= 0.6 is 0 Å². The maximum absolute atomic E-state index is 13.8. The fourth-order valence-corrected chi connectivity index (χ4v) is 6.88. The summed E-state index contributed by atoms with van der Waals surface area (Å²) < 4.78 is 0. The number of rotatable bonds is 5. The van der Waals surface area contributed by atoms with E-state index in [1.807, 2.05) is 4.90 Å². The van der Waals surface area contributed by atoms with E-state index in [1.54, 1.807) is 6.20 Å². The number of amides is 2. The van der Waals surface area contributed by atoms with E-state index in [1.165, 1.54) is 18.5 Å². The minimum absolute atomic E-state index is 0.0873. The Morgan fingerprint density at radius 2 is 1.72 bits per heavy atom. The molecule has 3 aliphatic heterocycles. The summed E-state index contributed by atoms with van der Waals surface area (Å²) in [6.07, 6.45) is 9.13. The molecule has 2 saturated heterocycles. The Morgan fingerprint density at radius 1 is 1.00 bits per heavy atom. The summed E-state index contributed by atoms with van der Waals surface area (Å²) in [7, 11) is 0. The summed E-state index contributed by atoms with van der Waals surface area (Å²) in [4.78, 5) is 43.0. The van der Waals surface area contributed by atoms with E-state index in [9.17, 15) is 9.59 Å². The largest absolute Gasteiger partial charge is 0.371 e. The van der Waals surface area contributed by atoms with Crippen LogP contribution in [0.2, 0.25) is 0 Å². The predicted molar refractivity (Wildman–Crippen MR) is 153 cm³/mol. The van der Waals surface area contributed by atoms with Crippen molar-refractivity contribution in [1.82, 2.24) is 20.2 Å². The monoisotopic (exact) mass is 531 g/mol. The molecule has 9 heteroatoms. The van der Waals surface area contributed by atoms with Crippen molar-refractivity contribution in [2.24, 2.45) is 5.41 Å². The number of hydrogen-bond donors (Lipinski definition) is 2. The lowest BCUT2D eigenvalue weighted by molar-refractivity contribution is -0.140. The SMILES string of the molecule is CC(C)N1CCCN(c2ccc(Nc3ncc4c(n3)N(C3CCCC3)C(=O)[C@]3(CCNC3=O)C4)cc2)CCC1. The van der Waals surface area contributed by atoms with Gasteiger partial charge in [-0.25, -0.2) is 4.98 Å². The van der Waals surface area contributed by atoms with Gasteiger partial charge in [-0.15, -0.1) is 0 Å². The van der Waals surface area contributed by atoms with Crippen LogP contribution in [0.25, 0.3) is 0 Å². The maximum atomic E-state index is 13.8. The van der Waals surface area contributed by atoms with Crippen molar-refractivity contribution in [3.05, 3.63) is 36.0 Å². The van der Waals surface area contributed by atoms with Crippen LogP contribution in [0.4, 0.5) is 23.1 Å². The zero-order valence-corrected chi connectivity index (χ0v) is 23.3. The molecule has 2 amide bonds. The van der Waals surface area contributed by atoms with Crippen LogP contribution in [-0.4, -0.2) is 71.5 Å². The van der Waals surface area contributed by atoms with Crippen molar-refractivity contribution in [3.8, 4) is 0 Å². The van der Waals surface area contributed by atoms with Crippen LogP contribution < -0.4 is 20.4 Å². The van der Waals surface area contributed by atoms with Crippen molar-refractivity contribution < 1.29 is 9.59 Å². The minimum atomic E-state index is -1.01. The average Bonchev–Trinajstić information content (AvgIpc) is 3.56. The number of benzene rings is 1. The number of nitrogens with zero attached hydrogens (tertiary/aromatic N) is 5. The Morgan fingerprint density at radius 3 is 2.36 bits per heavy atom. The van der Waals surface area contributed by atoms with Crippen LogP contribution in [0.3, 0.4) is 0 Å². The van der Waals surface area contributed by atoms with Crippen LogP contribution in [0.15, 0.2) is 30.5 Å². The fourth-order valence-electron chi connectivity index (χ4n) is 6.88. The first-order valence-corrected chi connectivity index (χ1v) is 14.8. The molecule has 4 heterocycles. The normalized spacial score (nSPS) is 24.7. The van der Waals surface area contributed by atoms with Gasteiger partial charge < -0.3 is 20.4 Å². The first-order valence-electron chi connectivity index (χ1n) is 14.8. The molecule has 0 unspecified atom stereocenters. The third kappa shape index (κ3) is 4.97. The van der Waals surface area contributed by atoms with E-state index in [4.69, 9.17) is 4.98 Å². The molecule has 9 nitrogen and oxygen atoms in total.